The average Bonchev–Trinajstić information content (AvgIpc) is 2.27. The number of rotatable bonds is 6. The van der Waals surface area contributed by atoms with Crippen LogP contribution in [0.15, 0.2) is 6.07 Å². The maximum Gasteiger partial charge on any atom is 0.354 e. The van der Waals surface area contributed by atoms with Crippen molar-refractivity contribution in [3.63, 3.8) is 0 Å². The van der Waals surface area contributed by atoms with Crippen LogP contribution in [0, 0.1) is 6.92 Å². The molecule has 1 rings (SSSR count). The lowest BCUT2D eigenvalue weighted by atomic mass is 10.3. The van der Waals surface area contributed by atoms with Gasteiger partial charge in [-0.15, -0.1) is 0 Å². The van der Waals surface area contributed by atoms with Crippen LogP contribution in [0.5, 0.6) is 0 Å². The molecule has 18 heavy (non-hydrogen) atoms. The van der Waals surface area contributed by atoms with Crippen LogP contribution in [0.25, 0.3) is 0 Å². The van der Waals surface area contributed by atoms with E-state index in [1.54, 1.807) is 13.2 Å². The number of nitrogens with one attached hydrogen (secondary N) is 1. The van der Waals surface area contributed by atoms with E-state index in [9.17, 15) is 9.00 Å². The summed E-state index contributed by atoms with van der Waals surface area (Å²) in [6, 6.07) is 1.41. The first-order valence-corrected chi connectivity index (χ1v) is 7.17. The second-order valence-electron chi connectivity index (χ2n) is 4.05. The largest absolute Gasteiger partial charge is 0.477 e. The van der Waals surface area contributed by atoms with Crippen LogP contribution in [-0.4, -0.2) is 43.3 Å². The summed E-state index contributed by atoms with van der Waals surface area (Å²) in [6.07, 6.45) is 2.37. The molecule has 0 radical (unpaired) electrons. The van der Waals surface area contributed by atoms with E-state index >= 15 is 0 Å². The fourth-order valence-corrected chi connectivity index (χ4v) is 1.76. The van der Waals surface area contributed by atoms with Gasteiger partial charge in [0, 0.05) is 34.5 Å². The number of carbonyl (C=O) groups is 1. The van der Waals surface area contributed by atoms with E-state index in [2.05, 4.69) is 15.3 Å². The predicted octanol–water partition coefficient (Wildman–Crippen LogP) is 1.05. The van der Waals surface area contributed by atoms with Crippen molar-refractivity contribution in [3.05, 3.63) is 17.5 Å². The number of anilines is 1. The van der Waals surface area contributed by atoms with Gasteiger partial charge in [0.2, 0.25) is 5.95 Å². The number of carboxylic acid groups (broad SMARTS) is 1. The van der Waals surface area contributed by atoms with E-state index in [1.807, 2.05) is 6.92 Å². The molecule has 2 atom stereocenters. The Morgan fingerprint density at radius 3 is 2.78 bits per heavy atom. The minimum atomic E-state index is -1.08. The van der Waals surface area contributed by atoms with Crippen molar-refractivity contribution < 1.29 is 14.1 Å². The second kappa shape index (κ2) is 6.44. The lowest BCUT2D eigenvalue weighted by Gasteiger charge is -2.09. The third-order valence-electron chi connectivity index (χ3n) is 2.47. The molecule has 0 fully saturated rings. The summed E-state index contributed by atoms with van der Waals surface area (Å²) in [6.45, 7) is 4.17. The van der Waals surface area contributed by atoms with Gasteiger partial charge in [0.25, 0.3) is 0 Å². The molecule has 6 nitrogen and oxygen atoms in total. The monoisotopic (exact) mass is 271 g/mol. The first-order valence-electron chi connectivity index (χ1n) is 5.55. The molecule has 7 heteroatoms. The molecule has 0 aliphatic carbocycles. The minimum Gasteiger partial charge on any atom is -0.477 e. The van der Waals surface area contributed by atoms with E-state index < -0.39 is 16.8 Å². The molecule has 1 aromatic heterocycles. The second-order valence-corrected chi connectivity index (χ2v) is 5.85. The van der Waals surface area contributed by atoms with Gasteiger partial charge in [-0.3, -0.25) is 4.21 Å². The third-order valence-corrected chi connectivity index (χ3v) is 3.84. The highest BCUT2D eigenvalue weighted by Gasteiger charge is 2.09. The molecular weight excluding hydrogens is 254 g/mol. The van der Waals surface area contributed by atoms with Crippen LogP contribution >= 0.6 is 0 Å². The molecule has 1 aromatic rings. The Bertz CT molecular complexity index is 465. The molecule has 0 bridgehead atoms. The number of nitrogens with zero attached hydrogens (tertiary/aromatic N) is 2. The number of carboxylic acids is 1. The van der Waals surface area contributed by atoms with E-state index in [-0.39, 0.29) is 10.9 Å². The molecule has 0 saturated carbocycles. The van der Waals surface area contributed by atoms with Crippen LogP contribution in [0.2, 0.25) is 0 Å². The Kier molecular flexibility index (Phi) is 5.21. The Labute approximate surface area is 108 Å². The van der Waals surface area contributed by atoms with Gasteiger partial charge < -0.3 is 10.4 Å². The molecule has 2 unspecified atom stereocenters. The summed E-state index contributed by atoms with van der Waals surface area (Å²) < 4.78 is 11.2. The summed E-state index contributed by atoms with van der Waals surface area (Å²) in [7, 11) is -0.859. The van der Waals surface area contributed by atoms with Gasteiger partial charge in [-0.05, 0) is 19.4 Å². The SMILES string of the molecule is Cc1cc(C(=O)O)nc(NCCC(C)S(C)=O)n1. The van der Waals surface area contributed by atoms with Crippen molar-refractivity contribution in [3.8, 4) is 0 Å². The highest BCUT2D eigenvalue weighted by atomic mass is 32.2. The van der Waals surface area contributed by atoms with Gasteiger partial charge in [0.05, 0.1) is 0 Å². The summed E-state index contributed by atoms with van der Waals surface area (Å²) in [5.74, 6) is -0.784. The topological polar surface area (TPSA) is 92.2 Å². The molecule has 0 saturated heterocycles. The highest BCUT2D eigenvalue weighted by Crippen LogP contribution is 2.06. The molecule has 0 aliphatic heterocycles. The summed E-state index contributed by atoms with van der Waals surface area (Å²) >= 11 is 0. The fraction of sp³-hybridized carbons (Fsp3) is 0.545. The number of aromatic carboxylic acids is 1. The summed E-state index contributed by atoms with van der Waals surface area (Å²) in [5, 5.41) is 11.9. The van der Waals surface area contributed by atoms with E-state index in [1.165, 1.54) is 6.07 Å². The first kappa shape index (κ1) is 14.6. The van der Waals surface area contributed by atoms with Gasteiger partial charge >= 0.3 is 5.97 Å². The summed E-state index contributed by atoms with van der Waals surface area (Å²) in [5.41, 5.74) is 0.564. The third kappa shape index (κ3) is 4.40. The van der Waals surface area contributed by atoms with Crippen LogP contribution in [0.1, 0.15) is 29.5 Å². The molecule has 0 aliphatic rings. The maximum atomic E-state index is 11.2. The lowest BCUT2D eigenvalue weighted by Crippen LogP contribution is -2.16. The number of aromatic nitrogens is 2. The number of hydrogen-bond donors (Lipinski definition) is 2. The van der Waals surface area contributed by atoms with E-state index in [0.717, 1.165) is 0 Å². The van der Waals surface area contributed by atoms with Gasteiger partial charge in [-0.25, -0.2) is 14.8 Å². The van der Waals surface area contributed by atoms with Crippen LogP contribution in [0.4, 0.5) is 5.95 Å². The van der Waals surface area contributed by atoms with Gasteiger partial charge in [0.1, 0.15) is 0 Å². The fourth-order valence-electron chi connectivity index (χ4n) is 1.31. The number of hydrogen-bond acceptors (Lipinski definition) is 5. The number of aryl methyl sites for hydroxylation is 1. The normalized spacial score (nSPS) is 13.9. The van der Waals surface area contributed by atoms with Crippen molar-refractivity contribution in [2.75, 3.05) is 18.1 Å². The zero-order chi connectivity index (χ0) is 13.7. The zero-order valence-electron chi connectivity index (χ0n) is 10.6. The standard InChI is InChI=1S/C11H17N3O3S/c1-7-6-9(10(15)16)14-11(13-7)12-5-4-8(2)18(3)17/h6,8H,4-5H2,1-3H3,(H,15,16)(H,12,13,14). The van der Waals surface area contributed by atoms with E-state index in [4.69, 9.17) is 5.11 Å². The molecule has 100 valence electrons. The highest BCUT2D eigenvalue weighted by molar-refractivity contribution is 7.84. The van der Waals surface area contributed by atoms with Gasteiger partial charge in [0.15, 0.2) is 5.69 Å². The molecule has 1 heterocycles. The van der Waals surface area contributed by atoms with Crippen LogP contribution in [-0.2, 0) is 10.8 Å². The van der Waals surface area contributed by atoms with E-state index in [0.29, 0.717) is 24.6 Å². The Hall–Kier alpha value is -1.50. The van der Waals surface area contributed by atoms with Crippen molar-refractivity contribution >= 4 is 22.7 Å². The van der Waals surface area contributed by atoms with Crippen LogP contribution < -0.4 is 5.32 Å². The predicted molar refractivity (Wildman–Crippen MR) is 70.4 cm³/mol. The maximum absolute atomic E-state index is 11.2. The van der Waals surface area contributed by atoms with Crippen molar-refractivity contribution in [1.29, 1.82) is 0 Å². The Morgan fingerprint density at radius 2 is 2.22 bits per heavy atom. The summed E-state index contributed by atoms with van der Waals surface area (Å²) in [4.78, 5) is 18.8. The molecule has 2 N–H and O–H groups in total. The van der Waals surface area contributed by atoms with Crippen LogP contribution in [0.3, 0.4) is 0 Å². The Balaban J connectivity index is 2.62. The molecular formula is C11H17N3O3S. The molecule has 0 aromatic carbocycles. The quantitative estimate of drug-likeness (QED) is 0.803. The van der Waals surface area contributed by atoms with Crippen molar-refractivity contribution in [2.24, 2.45) is 0 Å². The lowest BCUT2D eigenvalue weighted by molar-refractivity contribution is 0.0690. The van der Waals surface area contributed by atoms with Crippen molar-refractivity contribution in [1.82, 2.24) is 9.97 Å². The zero-order valence-corrected chi connectivity index (χ0v) is 11.5. The van der Waals surface area contributed by atoms with Crippen molar-refractivity contribution in [2.45, 2.75) is 25.5 Å². The smallest absolute Gasteiger partial charge is 0.354 e. The Morgan fingerprint density at radius 1 is 1.56 bits per heavy atom. The minimum absolute atomic E-state index is 0.0304. The molecule has 0 amide bonds. The van der Waals surface area contributed by atoms with Gasteiger partial charge in [-0.2, -0.15) is 0 Å². The van der Waals surface area contributed by atoms with Gasteiger partial charge in [-0.1, -0.05) is 6.92 Å². The first-order chi connectivity index (χ1) is 8.40. The average molecular weight is 271 g/mol. The molecule has 0 spiro atoms.